The van der Waals surface area contributed by atoms with Crippen molar-refractivity contribution in [3.63, 3.8) is 0 Å². The fraction of sp³-hybridized carbons (Fsp3) is 0.138. The fourth-order valence-corrected chi connectivity index (χ4v) is 6.25. The molecular formula is C29H24ClF3N2O3S2. The number of anilines is 2. The summed E-state index contributed by atoms with van der Waals surface area (Å²) in [5.41, 5.74) is 0.947. The van der Waals surface area contributed by atoms with Crippen molar-refractivity contribution in [2.75, 3.05) is 16.2 Å². The third-order valence-corrected chi connectivity index (χ3v) is 9.01. The minimum atomic E-state index is -4.70. The number of benzene rings is 4. The number of rotatable bonds is 9. The second-order valence-electron chi connectivity index (χ2n) is 8.83. The zero-order chi connectivity index (χ0) is 28.9. The van der Waals surface area contributed by atoms with Gasteiger partial charge in [-0.3, -0.25) is 9.10 Å². The van der Waals surface area contributed by atoms with Crippen molar-refractivity contribution in [1.82, 2.24) is 0 Å². The van der Waals surface area contributed by atoms with Gasteiger partial charge in [0, 0.05) is 15.7 Å². The highest BCUT2D eigenvalue weighted by molar-refractivity contribution is 7.98. The summed E-state index contributed by atoms with van der Waals surface area (Å²) in [5, 5.41) is 3.34. The average Bonchev–Trinajstić information content (AvgIpc) is 2.92. The number of hydrogen-bond donors (Lipinski definition) is 1. The second-order valence-corrected chi connectivity index (χ2v) is 12.1. The van der Waals surface area contributed by atoms with Gasteiger partial charge in [0.1, 0.15) is 6.54 Å². The first-order chi connectivity index (χ1) is 18.9. The van der Waals surface area contributed by atoms with E-state index in [1.54, 1.807) is 49.4 Å². The van der Waals surface area contributed by atoms with Gasteiger partial charge in [0.15, 0.2) is 0 Å². The Morgan fingerprint density at radius 1 is 0.925 bits per heavy atom. The molecule has 0 fully saturated rings. The van der Waals surface area contributed by atoms with Gasteiger partial charge in [-0.2, -0.15) is 13.2 Å². The summed E-state index contributed by atoms with van der Waals surface area (Å²) in [6.07, 6.45) is -4.70. The van der Waals surface area contributed by atoms with Crippen LogP contribution in [0.25, 0.3) is 0 Å². The van der Waals surface area contributed by atoms with Gasteiger partial charge in [-0.15, -0.1) is 11.8 Å². The molecule has 4 aromatic carbocycles. The second kappa shape index (κ2) is 12.4. The van der Waals surface area contributed by atoms with E-state index in [1.165, 1.54) is 30.0 Å². The first-order valence-corrected chi connectivity index (χ1v) is 14.8. The number of halogens is 4. The summed E-state index contributed by atoms with van der Waals surface area (Å²) in [6, 6.07) is 24.1. The molecule has 0 bridgehead atoms. The Labute approximate surface area is 240 Å². The highest BCUT2D eigenvalue weighted by Gasteiger charge is 2.33. The Hall–Kier alpha value is -3.47. The predicted octanol–water partition coefficient (Wildman–Crippen LogP) is 7.79. The molecule has 5 nitrogen and oxygen atoms in total. The van der Waals surface area contributed by atoms with E-state index in [9.17, 15) is 26.4 Å². The van der Waals surface area contributed by atoms with Crippen molar-refractivity contribution in [1.29, 1.82) is 0 Å². The number of para-hydroxylation sites is 1. The molecule has 0 spiro atoms. The zero-order valence-corrected chi connectivity index (χ0v) is 23.5. The van der Waals surface area contributed by atoms with Crippen LogP contribution in [0.1, 0.15) is 16.7 Å². The molecule has 0 saturated heterocycles. The van der Waals surface area contributed by atoms with Crippen LogP contribution in [-0.4, -0.2) is 20.9 Å². The van der Waals surface area contributed by atoms with Crippen LogP contribution in [0.15, 0.2) is 107 Å². The molecule has 208 valence electrons. The summed E-state index contributed by atoms with van der Waals surface area (Å²) in [5.74, 6) is -0.130. The Morgan fingerprint density at radius 3 is 2.27 bits per heavy atom. The number of hydrogen-bond acceptors (Lipinski definition) is 4. The monoisotopic (exact) mass is 604 g/mol. The summed E-state index contributed by atoms with van der Waals surface area (Å²) in [7, 11) is -4.39. The Balaban J connectivity index is 1.61. The molecule has 0 saturated carbocycles. The lowest BCUT2D eigenvalue weighted by molar-refractivity contribution is -0.137. The van der Waals surface area contributed by atoms with Crippen molar-refractivity contribution < 1.29 is 26.4 Å². The smallest absolute Gasteiger partial charge is 0.323 e. The molecule has 1 amide bonds. The topological polar surface area (TPSA) is 66.5 Å². The largest absolute Gasteiger partial charge is 0.416 e. The summed E-state index contributed by atoms with van der Waals surface area (Å²) in [4.78, 5) is 13.8. The fourth-order valence-electron chi connectivity index (χ4n) is 3.75. The molecule has 0 aliphatic rings. The van der Waals surface area contributed by atoms with Crippen LogP contribution in [0.3, 0.4) is 0 Å². The van der Waals surface area contributed by atoms with Gasteiger partial charge in [-0.25, -0.2) is 8.42 Å². The maximum atomic E-state index is 13.6. The van der Waals surface area contributed by atoms with Crippen LogP contribution in [0.4, 0.5) is 24.5 Å². The third kappa shape index (κ3) is 7.38. The van der Waals surface area contributed by atoms with Crippen molar-refractivity contribution in [3.8, 4) is 0 Å². The molecule has 0 aliphatic carbocycles. The van der Waals surface area contributed by atoms with E-state index in [4.69, 9.17) is 11.6 Å². The normalized spacial score (nSPS) is 11.7. The minimum absolute atomic E-state index is 0.151. The van der Waals surface area contributed by atoms with Crippen LogP contribution in [0.2, 0.25) is 5.02 Å². The standard InChI is InChI=1S/C29H24ClF3N2O3S2/c1-20-9-15-25(16-10-20)40(37,38)35(24-6-4-5-22(17-24)29(31,32)33)18-28(36)34-26-7-2-3-8-27(26)39-19-21-11-13-23(30)14-12-21/h2-17H,18-19H2,1H3,(H,34,36). The minimum Gasteiger partial charge on any atom is -0.323 e. The van der Waals surface area contributed by atoms with Gasteiger partial charge in [0.05, 0.1) is 21.8 Å². The summed E-state index contributed by atoms with van der Waals surface area (Å²) >= 11 is 7.41. The molecule has 0 heterocycles. The molecule has 11 heteroatoms. The van der Waals surface area contributed by atoms with Gasteiger partial charge < -0.3 is 5.32 Å². The average molecular weight is 605 g/mol. The highest BCUT2D eigenvalue weighted by Crippen LogP contribution is 2.34. The molecule has 1 N–H and O–H groups in total. The quantitative estimate of drug-likeness (QED) is 0.198. The van der Waals surface area contributed by atoms with Gasteiger partial charge in [-0.05, 0) is 67.1 Å². The van der Waals surface area contributed by atoms with Gasteiger partial charge in [0.25, 0.3) is 10.0 Å². The number of nitrogens with one attached hydrogen (secondary N) is 1. The van der Waals surface area contributed by atoms with Crippen LogP contribution in [0, 0.1) is 6.92 Å². The lowest BCUT2D eigenvalue weighted by atomic mass is 10.2. The molecule has 0 aromatic heterocycles. The maximum Gasteiger partial charge on any atom is 0.416 e. The maximum absolute atomic E-state index is 13.6. The van der Waals surface area contributed by atoms with Crippen LogP contribution < -0.4 is 9.62 Å². The van der Waals surface area contributed by atoms with E-state index in [0.717, 1.165) is 34.2 Å². The number of carbonyl (C=O) groups excluding carboxylic acids is 1. The Morgan fingerprint density at radius 2 is 1.60 bits per heavy atom. The number of sulfonamides is 1. The van der Waals surface area contributed by atoms with E-state index in [0.29, 0.717) is 20.8 Å². The summed E-state index contributed by atoms with van der Waals surface area (Å²) < 4.78 is 68.2. The molecule has 0 aliphatic heterocycles. The number of aryl methyl sites for hydroxylation is 1. The van der Waals surface area contributed by atoms with Crippen LogP contribution >= 0.6 is 23.4 Å². The van der Waals surface area contributed by atoms with E-state index < -0.39 is 34.2 Å². The summed E-state index contributed by atoms with van der Waals surface area (Å²) in [6.45, 7) is 1.03. The van der Waals surface area contributed by atoms with Crippen LogP contribution in [0.5, 0.6) is 0 Å². The van der Waals surface area contributed by atoms with Gasteiger partial charge in [0.2, 0.25) is 5.91 Å². The zero-order valence-electron chi connectivity index (χ0n) is 21.2. The number of thioether (sulfide) groups is 1. The number of nitrogens with zero attached hydrogens (tertiary/aromatic N) is 1. The van der Waals surface area contributed by atoms with E-state index in [2.05, 4.69) is 5.32 Å². The molecule has 4 aromatic rings. The van der Waals surface area contributed by atoms with Crippen molar-refractivity contribution in [2.24, 2.45) is 0 Å². The highest BCUT2D eigenvalue weighted by atomic mass is 35.5. The van der Waals surface area contributed by atoms with Crippen molar-refractivity contribution in [3.05, 3.63) is 119 Å². The number of amides is 1. The van der Waals surface area contributed by atoms with E-state index in [1.807, 2.05) is 18.2 Å². The lowest BCUT2D eigenvalue weighted by Crippen LogP contribution is -2.38. The first-order valence-electron chi connectivity index (χ1n) is 12.0. The SMILES string of the molecule is Cc1ccc(S(=O)(=O)N(CC(=O)Nc2ccccc2SCc2ccc(Cl)cc2)c2cccc(C(F)(F)F)c2)cc1. The molecular weight excluding hydrogens is 581 g/mol. The Bertz CT molecular complexity index is 1590. The van der Waals surface area contributed by atoms with E-state index in [-0.39, 0.29) is 10.6 Å². The number of alkyl halides is 3. The first kappa shape index (κ1) is 29.5. The molecule has 0 atom stereocenters. The van der Waals surface area contributed by atoms with Gasteiger partial charge in [-0.1, -0.05) is 59.6 Å². The Kier molecular flexibility index (Phi) is 9.12. The van der Waals surface area contributed by atoms with Crippen LogP contribution in [-0.2, 0) is 26.7 Å². The number of carbonyl (C=O) groups is 1. The van der Waals surface area contributed by atoms with Crippen molar-refractivity contribution in [2.45, 2.75) is 28.6 Å². The lowest BCUT2D eigenvalue weighted by Gasteiger charge is -2.25. The molecule has 0 unspecified atom stereocenters. The molecule has 40 heavy (non-hydrogen) atoms. The predicted molar refractivity (Wildman–Crippen MR) is 153 cm³/mol. The van der Waals surface area contributed by atoms with E-state index >= 15 is 0 Å². The van der Waals surface area contributed by atoms with Crippen molar-refractivity contribution >= 4 is 50.7 Å². The third-order valence-electron chi connectivity index (χ3n) is 5.83. The molecule has 4 rings (SSSR count). The van der Waals surface area contributed by atoms with Gasteiger partial charge >= 0.3 is 6.18 Å². The molecule has 0 radical (unpaired) electrons.